The number of nitrogens with zero attached hydrogens (tertiary/aromatic N) is 6. The van der Waals surface area contributed by atoms with Crippen LogP contribution in [0.25, 0.3) is 55.8 Å². The summed E-state index contributed by atoms with van der Waals surface area (Å²) in [7, 11) is 0. The third kappa shape index (κ3) is 4.52. The fourth-order valence-electron chi connectivity index (χ4n) is 4.89. The van der Waals surface area contributed by atoms with Crippen molar-refractivity contribution in [3.8, 4) is 45.0 Å². The first-order valence-corrected chi connectivity index (χ1v) is 12.6. The Labute approximate surface area is 221 Å². The number of aryl methyl sites for hydroxylation is 4. The summed E-state index contributed by atoms with van der Waals surface area (Å²) in [6, 6.07) is 29.8. The average molecular weight is 495 g/mol. The van der Waals surface area contributed by atoms with Crippen molar-refractivity contribution in [1.29, 1.82) is 0 Å². The maximum atomic E-state index is 4.50. The molecular weight excluding hydrogens is 468 g/mol. The van der Waals surface area contributed by atoms with Gasteiger partial charge >= 0.3 is 0 Å². The molecule has 0 N–H and O–H groups in total. The molecule has 184 valence electrons. The molecule has 0 aliphatic carbocycles. The average Bonchev–Trinajstić information content (AvgIpc) is 2.92. The second-order valence-electron chi connectivity index (χ2n) is 9.37. The molecule has 0 radical (unpaired) electrons. The molecule has 4 aromatic carbocycles. The molecule has 6 nitrogen and oxygen atoms in total. The Morgan fingerprint density at radius 3 is 1.00 bits per heavy atom. The summed E-state index contributed by atoms with van der Waals surface area (Å²) in [6.45, 7) is 7.57. The minimum atomic E-state index is 0.702. The summed E-state index contributed by atoms with van der Waals surface area (Å²) in [6.07, 6.45) is 0. The van der Waals surface area contributed by atoms with Gasteiger partial charge in [-0.2, -0.15) is 0 Å². The number of hydrogen-bond acceptors (Lipinski definition) is 6. The normalized spacial score (nSPS) is 11.2. The fourth-order valence-corrected chi connectivity index (χ4v) is 4.89. The first-order chi connectivity index (χ1) is 18.4. The van der Waals surface area contributed by atoms with Gasteiger partial charge in [-0.25, -0.2) is 29.9 Å². The highest BCUT2D eigenvalue weighted by molar-refractivity contribution is 6.05. The molecule has 0 amide bonds. The summed E-state index contributed by atoms with van der Waals surface area (Å²) in [5, 5.41) is 2.41. The molecule has 0 atom stereocenters. The van der Waals surface area contributed by atoms with Crippen LogP contribution in [0.2, 0.25) is 0 Å². The van der Waals surface area contributed by atoms with E-state index in [0.29, 0.717) is 11.6 Å². The van der Waals surface area contributed by atoms with Gasteiger partial charge in [-0.15, -0.1) is 0 Å². The highest BCUT2D eigenvalue weighted by Gasteiger charge is 2.12. The lowest BCUT2D eigenvalue weighted by molar-refractivity contribution is 0.928. The molecular formula is C32H26N6. The summed E-state index contributed by atoms with van der Waals surface area (Å²) < 4.78 is 0. The van der Waals surface area contributed by atoms with Gasteiger partial charge in [0.2, 0.25) is 0 Å². The van der Waals surface area contributed by atoms with Crippen molar-refractivity contribution in [3.05, 3.63) is 108 Å². The first-order valence-electron chi connectivity index (χ1n) is 12.6. The van der Waals surface area contributed by atoms with Crippen LogP contribution in [-0.2, 0) is 0 Å². The van der Waals surface area contributed by atoms with Crippen molar-refractivity contribution in [3.63, 3.8) is 0 Å². The quantitative estimate of drug-likeness (QED) is 0.260. The van der Waals surface area contributed by atoms with Crippen molar-refractivity contribution in [2.24, 2.45) is 0 Å². The van der Waals surface area contributed by atoms with E-state index in [0.717, 1.165) is 45.6 Å². The van der Waals surface area contributed by atoms with Crippen LogP contribution in [0.4, 0.5) is 0 Å². The minimum absolute atomic E-state index is 0.702. The van der Waals surface area contributed by atoms with Gasteiger partial charge in [0.1, 0.15) is 23.3 Å². The summed E-state index contributed by atoms with van der Waals surface area (Å²) >= 11 is 0. The van der Waals surface area contributed by atoms with Crippen LogP contribution in [0.15, 0.2) is 84.9 Å². The van der Waals surface area contributed by atoms with Gasteiger partial charge in [0.05, 0.1) is 0 Å². The van der Waals surface area contributed by atoms with Crippen LogP contribution in [0.1, 0.15) is 23.3 Å². The lowest BCUT2D eigenvalue weighted by atomic mass is 9.91. The Morgan fingerprint density at radius 1 is 0.342 bits per heavy atom. The van der Waals surface area contributed by atoms with E-state index >= 15 is 0 Å². The molecule has 0 fully saturated rings. The third-order valence-corrected chi connectivity index (χ3v) is 6.55. The maximum absolute atomic E-state index is 4.50. The molecule has 0 spiro atoms. The number of fused-ring (bicyclic) bond motifs is 1. The zero-order chi connectivity index (χ0) is 26.2. The van der Waals surface area contributed by atoms with E-state index in [-0.39, 0.29) is 0 Å². The highest BCUT2D eigenvalue weighted by atomic mass is 15.0. The molecule has 6 rings (SSSR count). The van der Waals surface area contributed by atoms with E-state index in [9.17, 15) is 0 Å². The van der Waals surface area contributed by atoms with E-state index in [1.807, 2.05) is 27.7 Å². The molecule has 38 heavy (non-hydrogen) atoms. The number of aromatic nitrogens is 6. The molecule has 0 aliphatic heterocycles. The van der Waals surface area contributed by atoms with Crippen molar-refractivity contribution in [2.75, 3.05) is 0 Å². The van der Waals surface area contributed by atoms with E-state index in [4.69, 9.17) is 0 Å². The molecule has 0 aliphatic rings. The Balaban J connectivity index is 1.37. The molecule has 6 heteroatoms. The van der Waals surface area contributed by atoms with E-state index in [2.05, 4.69) is 115 Å². The van der Waals surface area contributed by atoms with Crippen molar-refractivity contribution >= 4 is 10.8 Å². The molecule has 0 unspecified atom stereocenters. The van der Waals surface area contributed by atoms with Crippen LogP contribution in [0.3, 0.4) is 0 Å². The predicted molar refractivity (Wildman–Crippen MR) is 151 cm³/mol. The molecule has 2 aromatic heterocycles. The predicted octanol–water partition coefficient (Wildman–Crippen LogP) is 7.11. The summed E-state index contributed by atoms with van der Waals surface area (Å²) in [4.78, 5) is 26.6. The van der Waals surface area contributed by atoms with Crippen LogP contribution in [0, 0.1) is 27.7 Å². The van der Waals surface area contributed by atoms with E-state index < -0.39 is 0 Å². The van der Waals surface area contributed by atoms with Crippen LogP contribution in [0.5, 0.6) is 0 Å². The van der Waals surface area contributed by atoms with E-state index in [1.165, 1.54) is 21.9 Å². The first kappa shape index (κ1) is 23.6. The van der Waals surface area contributed by atoms with Gasteiger partial charge in [-0.3, -0.25) is 0 Å². The summed E-state index contributed by atoms with van der Waals surface area (Å²) in [5.41, 5.74) is 6.63. The van der Waals surface area contributed by atoms with Crippen molar-refractivity contribution in [2.45, 2.75) is 27.7 Å². The largest absolute Gasteiger partial charge is 0.219 e. The Morgan fingerprint density at radius 2 is 0.658 bits per heavy atom. The van der Waals surface area contributed by atoms with Gasteiger partial charge in [-0.1, -0.05) is 84.9 Å². The Kier molecular flexibility index (Phi) is 5.92. The second kappa shape index (κ2) is 9.56. The smallest absolute Gasteiger partial charge is 0.163 e. The Hall–Kier alpha value is -4.84. The molecule has 0 saturated carbocycles. The second-order valence-corrected chi connectivity index (χ2v) is 9.37. The van der Waals surface area contributed by atoms with Gasteiger partial charge < -0.3 is 0 Å². The fraction of sp³-hybridized carbons (Fsp3) is 0.125. The SMILES string of the molecule is Cc1nc(C)nc(-c2ccc(-c3ccc(-c4ccc(-c5nc(C)nc(C)n5)cc4)c4ccccc34)cc2)n1. The maximum Gasteiger partial charge on any atom is 0.163 e. The molecule has 0 saturated heterocycles. The monoisotopic (exact) mass is 494 g/mol. The minimum Gasteiger partial charge on any atom is -0.219 e. The lowest BCUT2D eigenvalue weighted by Gasteiger charge is -2.13. The van der Waals surface area contributed by atoms with E-state index in [1.54, 1.807) is 0 Å². The Bertz CT molecular complexity index is 1620. The van der Waals surface area contributed by atoms with Gasteiger partial charge in [0.15, 0.2) is 11.6 Å². The number of benzene rings is 4. The molecule has 2 heterocycles. The van der Waals surface area contributed by atoms with Gasteiger partial charge in [0, 0.05) is 11.1 Å². The van der Waals surface area contributed by atoms with Crippen molar-refractivity contribution in [1.82, 2.24) is 29.9 Å². The van der Waals surface area contributed by atoms with Crippen LogP contribution in [-0.4, -0.2) is 29.9 Å². The molecule has 6 aromatic rings. The topological polar surface area (TPSA) is 77.3 Å². The van der Waals surface area contributed by atoms with Crippen LogP contribution < -0.4 is 0 Å². The third-order valence-electron chi connectivity index (χ3n) is 6.55. The number of hydrogen-bond donors (Lipinski definition) is 0. The lowest BCUT2D eigenvalue weighted by Crippen LogP contribution is -1.98. The van der Waals surface area contributed by atoms with Crippen LogP contribution >= 0.6 is 0 Å². The zero-order valence-corrected chi connectivity index (χ0v) is 21.8. The zero-order valence-electron chi connectivity index (χ0n) is 21.8. The standard InChI is InChI=1S/C32H26N6/c1-19-33-20(2)36-31(35-19)25-13-9-23(10-14-25)27-17-18-28(30-8-6-5-7-29(27)30)24-11-15-26(16-12-24)32-37-21(3)34-22(4)38-32/h5-18H,1-4H3. The van der Waals surface area contributed by atoms with Crippen molar-refractivity contribution < 1.29 is 0 Å². The van der Waals surface area contributed by atoms with Gasteiger partial charge in [0.25, 0.3) is 0 Å². The summed E-state index contributed by atoms with van der Waals surface area (Å²) in [5.74, 6) is 4.31. The highest BCUT2D eigenvalue weighted by Crippen LogP contribution is 2.36. The number of rotatable bonds is 4. The van der Waals surface area contributed by atoms with Gasteiger partial charge in [-0.05, 0) is 60.7 Å². The molecule has 0 bridgehead atoms.